The summed E-state index contributed by atoms with van der Waals surface area (Å²) in [5.41, 5.74) is -1.17. The summed E-state index contributed by atoms with van der Waals surface area (Å²) in [5, 5.41) is -0.534. The Morgan fingerprint density at radius 2 is 2.12 bits per heavy atom. The molecule has 10 heteroatoms. The quantitative estimate of drug-likeness (QED) is 0.764. The number of nitrogens with one attached hydrogen (secondary N) is 1. The lowest BCUT2D eigenvalue weighted by molar-refractivity contribution is -0.137. The highest BCUT2D eigenvalue weighted by atomic mass is 35.5. The zero-order valence-electron chi connectivity index (χ0n) is 13.6. The molecule has 1 aliphatic rings. The molecule has 0 aliphatic carbocycles. The Balaban J connectivity index is 2.09. The van der Waals surface area contributed by atoms with Gasteiger partial charge in [0.2, 0.25) is 10.0 Å². The summed E-state index contributed by atoms with van der Waals surface area (Å²) < 4.78 is 70.8. The Kier molecular flexibility index (Phi) is 6.72. The van der Waals surface area contributed by atoms with Crippen molar-refractivity contribution in [2.24, 2.45) is 0 Å². The van der Waals surface area contributed by atoms with Gasteiger partial charge in [-0.2, -0.15) is 13.2 Å². The van der Waals surface area contributed by atoms with Crippen LogP contribution in [0, 0.1) is 0 Å². The van der Waals surface area contributed by atoms with E-state index in [0.717, 1.165) is 31.5 Å². The van der Waals surface area contributed by atoms with Gasteiger partial charge in [-0.15, -0.1) is 0 Å². The smallest absolute Gasteiger partial charge is 0.383 e. The number of rotatable bonds is 7. The van der Waals surface area contributed by atoms with Crippen LogP contribution in [0.2, 0.25) is 5.02 Å². The number of methoxy groups -OCH3 is 1. The minimum atomic E-state index is -4.72. The van der Waals surface area contributed by atoms with Crippen molar-refractivity contribution < 1.29 is 26.3 Å². The molecular weight excluding hydrogens is 381 g/mol. The van der Waals surface area contributed by atoms with Crippen LogP contribution in [-0.2, 0) is 20.9 Å². The van der Waals surface area contributed by atoms with E-state index >= 15 is 0 Å². The van der Waals surface area contributed by atoms with E-state index in [1.54, 1.807) is 7.11 Å². The number of likely N-dealkylation sites (tertiary alicyclic amines) is 1. The van der Waals surface area contributed by atoms with E-state index in [1.165, 1.54) is 0 Å². The first-order valence-electron chi connectivity index (χ1n) is 7.74. The predicted octanol–water partition coefficient (Wildman–Crippen LogP) is 2.75. The molecule has 0 bridgehead atoms. The van der Waals surface area contributed by atoms with Gasteiger partial charge in [0.05, 0.1) is 22.1 Å². The fourth-order valence-electron chi connectivity index (χ4n) is 2.81. The van der Waals surface area contributed by atoms with Crippen LogP contribution in [-0.4, -0.2) is 52.7 Å². The molecule has 5 nitrogen and oxygen atoms in total. The molecule has 1 heterocycles. The lowest BCUT2D eigenvalue weighted by Gasteiger charge is -2.24. The summed E-state index contributed by atoms with van der Waals surface area (Å²) >= 11 is 5.53. The molecule has 25 heavy (non-hydrogen) atoms. The maximum atomic E-state index is 12.9. The van der Waals surface area contributed by atoms with Crippen molar-refractivity contribution in [3.05, 3.63) is 28.8 Å². The molecule has 1 aromatic carbocycles. The molecule has 0 amide bonds. The number of hydrogen-bond donors (Lipinski definition) is 1. The van der Waals surface area contributed by atoms with Crippen LogP contribution >= 0.6 is 11.6 Å². The number of ether oxygens (including phenoxy) is 1. The van der Waals surface area contributed by atoms with E-state index in [-0.39, 0.29) is 12.6 Å². The number of benzene rings is 1. The highest BCUT2D eigenvalue weighted by Gasteiger charge is 2.34. The van der Waals surface area contributed by atoms with Gasteiger partial charge in [-0.3, -0.25) is 4.90 Å². The van der Waals surface area contributed by atoms with E-state index in [4.69, 9.17) is 16.3 Å². The molecule has 1 atom stereocenters. The Morgan fingerprint density at radius 3 is 2.76 bits per heavy atom. The first-order valence-corrected chi connectivity index (χ1v) is 9.60. The predicted molar refractivity (Wildman–Crippen MR) is 88.1 cm³/mol. The summed E-state index contributed by atoms with van der Waals surface area (Å²) in [5.74, 6) is 0. The number of nitrogens with zero attached hydrogens (tertiary/aromatic N) is 1. The summed E-state index contributed by atoms with van der Waals surface area (Å²) in [4.78, 5) is 1.65. The lowest BCUT2D eigenvalue weighted by atomic mass is 10.2. The Hall–Kier alpha value is -0.870. The van der Waals surface area contributed by atoms with Gasteiger partial charge >= 0.3 is 6.18 Å². The molecule has 1 aliphatic heterocycles. The maximum Gasteiger partial charge on any atom is 0.417 e. The van der Waals surface area contributed by atoms with Crippen molar-refractivity contribution in [2.45, 2.75) is 30.0 Å². The van der Waals surface area contributed by atoms with E-state index in [1.807, 2.05) is 0 Å². The molecule has 1 unspecified atom stereocenters. The van der Waals surface area contributed by atoms with Gasteiger partial charge in [0.15, 0.2) is 0 Å². The van der Waals surface area contributed by atoms with Crippen LogP contribution < -0.4 is 4.72 Å². The Morgan fingerprint density at radius 1 is 1.40 bits per heavy atom. The normalized spacial score (nSPS) is 19.5. The molecule has 0 radical (unpaired) electrons. The third kappa shape index (κ3) is 5.30. The number of sulfonamides is 1. The number of halogens is 4. The van der Waals surface area contributed by atoms with Crippen LogP contribution in [0.3, 0.4) is 0 Å². The van der Waals surface area contributed by atoms with Crippen LogP contribution in [0.25, 0.3) is 0 Å². The van der Waals surface area contributed by atoms with Gasteiger partial charge in [-0.1, -0.05) is 11.6 Å². The maximum absolute atomic E-state index is 12.9. The van der Waals surface area contributed by atoms with Gasteiger partial charge < -0.3 is 4.74 Å². The third-order valence-electron chi connectivity index (χ3n) is 4.14. The van der Waals surface area contributed by atoms with Crippen molar-refractivity contribution in [1.82, 2.24) is 9.62 Å². The Labute approximate surface area is 150 Å². The van der Waals surface area contributed by atoms with Gasteiger partial charge in [-0.25, -0.2) is 13.1 Å². The van der Waals surface area contributed by atoms with Gasteiger partial charge in [0.1, 0.15) is 0 Å². The average molecular weight is 401 g/mol. The summed E-state index contributed by atoms with van der Waals surface area (Å²) in [6, 6.07) is 2.57. The van der Waals surface area contributed by atoms with Crippen molar-refractivity contribution in [2.75, 3.05) is 33.4 Å². The van der Waals surface area contributed by atoms with E-state index < -0.39 is 31.7 Å². The second kappa shape index (κ2) is 8.22. The largest absolute Gasteiger partial charge is 0.417 e. The van der Waals surface area contributed by atoms with E-state index in [9.17, 15) is 21.6 Å². The van der Waals surface area contributed by atoms with Crippen molar-refractivity contribution >= 4 is 21.6 Å². The molecule has 142 valence electrons. The molecule has 1 saturated heterocycles. The standard InChI is InChI=1S/C15H20ClF3N2O3S/c1-24-8-7-21-6-2-3-11(21)10-20-25(22,23)12-4-5-14(16)13(9-12)15(17,18)19/h4-5,9,11,20H,2-3,6-8,10H2,1H3. The Bertz CT molecular complexity index is 698. The molecule has 1 aromatic rings. The second-order valence-electron chi connectivity index (χ2n) is 5.82. The van der Waals surface area contributed by atoms with Crippen LogP contribution in [0.4, 0.5) is 13.2 Å². The fraction of sp³-hybridized carbons (Fsp3) is 0.600. The first kappa shape index (κ1) is 20.4. The molecule has 1 fully saturated rings. The van der Waals surface area contributed by atoms with Crippen molar-refractivity contribution in [3.63, 3.8) is 0 Å². The lowest BCUT2D eigenvalue weighted by Crippen LogP contribution is -2.41. The topological polar surface area (TPSA) is 58.6 Å². The summed E-state index contributed by atoms with van der Waals surface area (Å²) in [6.07, 6.45) is -2.96. The molecule has 0 spiro atoms. The van der Waals surface area contributed by atoms with Crippen LogP contribution in [0.1, 0.15) is 18.4 Å². The summed E-state index contributed by atoms with van der Waals surface area (Å²) in [7, 11) is -2.47. The minimum absolute atomic E-state index is 0.000637. The molecular formula is C15H20ClF3N2O3S. The third-order valence-corrected chi connectivity index (χ3v) is 5.90. The average Bonchev–Trinajstić information content (AvgIpc) is 2.97. The van der Waals surface area contributed by atoms with Gasteiger partial charge in [0.25, 0.3) is 0 Å². The van der Waals surface area contributed by atoms with Crippen molar-refractivity contribution in [3.8, 4) is 0 Å². The number of alkyl halides is 3. The number of hydrogen-bond acceptors (Lipinski definition) is 4. The summed E-state index contributed by atoms with van der Waals surface area (Å²) in [6.45, 7) is 2.20. The molecule has 0 aromatic heterocycles. The second-order valence-corrected chi connectivity index (χ2v) is 7.99. The fourth-order valence-corrected chi connectivity index (χ4v) is 4.13. The highest BCUT2D eigenvalue weighted by Crippen LogP contribution is 2.35. The highest BCUT2D eigenvalue weighted by molar-refractivity contribution is 7.89. The first-order chi connectivity index (χ1) is 11.6. The van der Waals surface area contributed by atoms with E-state index in [0.29, 0.717) is 19.2 Å². The monoisotopic (exact) mass is 400 g/mol. The zero-order chi connectivity index (χ0) is 18.7. The molecule has 1 N–H and O–H groups in total. The van der Waals surface area contributed by atoms with Crippen molar-refractivity contribution in [1.29, 1.82) is 0 Å². The molecule has 0 saturated carbocycles. The molecule has 2 rings (SSSR count). The van der Waals surface area contributed by atoms with Crippen LogP contribution in [0.15, 0.2) is 23.1 Å². The zero-order valence-corrected chi connectivity index (χ0v) is 15.2. The van der Waals surface area contributed by atoms with Gasteiger partial charge in [0, 0.05) is 26.2 Å². The van der Waals surface area contributed by atoms with E-state index in [2.05, 4.69) is 9.62 Å². The van der Waals surface area contributed by atoms with Gasteiger partial charge in [-0.05, 0) is 37.6 Å². The minimum Gasteiger partial charge on any atom is -0.383 e. The van der Waals surface area contributed by atoms with Crippen LogP contribution in [0.5, 0.6) is 0 Å². The SMILES string of the molecule is COCCN1CCCC1CNS(=O)(=O)c1ccc(Cl)c(C(F)(F)F)c1.